The normalized spacial score (nSPS) is 7.40. The van der Waals surface area contributed by atoms with Gasteiger partial charge in [-0.1, -0.05) is 13.8 Å². The van der Waals surface area contributed by atoms with Crippen molar-refractivity contribution in [2.75, 3.05) is 0 Å². The van der Waals surface area contributed by atoms with Crippen molar-refractivity contribution in [1.82, 2.24) is 0 Å². The van der Waals surface area contributed by atoms with Crippen LogP contribution in [0, 0.1) is 19.6 Å². The van der Waals surface area contributed by atoms with E-state index in [4.69, 9.17) is 0 Å². The minimum Gasteiger partial charge on any atom is -1.00 e. The van der Waals surface area contributed by atoms with Crippen LogP contribution in [0.15, 0.2) is 5.80 Å². The van der Waals surface area contributed by atoms with Gasteiger partial charge in [-0.2, -0.15) is 22.7 Å². The molecule has 0 spiro atoms. The summed E-state index contributed by atoms with van der Waals surface area (Å²) in [7, 11) is 0.820. The van der Waals surface area contributed by atoms with Gasteiger partial charge in [0.25, 0.3) is 0 Å². The zero-order valence-corrected chi connectivity index (χ0v) is 10.8. The summed E-state index contributed by atoms with van der Waals surface area (Å²) in [5.41, 5.74) is 2.73. The molecule has 1 unspecified atom stereocenters. The third kappa shape index (κ3) is 4.97. The van der Waals surface area contributed by atoms with E-state index in [1.54, 1.807) is 0 Å². The summed E-state index contributed by atoms with van der Waals surface area (Å²) in [4.78, 5) is 0. The summed E-state index contributed by atoms with van der Waals surface area (Å²) >= 11 is 0. The first-order valence-corrected chi connectivity index (χ1v) is 3.40. The van der Waals surface area contributed by atoms with Crippen molar-refractivity contribution in [3.8, 4) is 0 Å². The van der Waals surface area contributed by atoms with Crippen LogP contribution >= 0.6 is 8.19 Å². The van der Waals surface area contributed by atoms with Crippen molar-refractivity contribution in [2.24, 2.45) is 0 Å². The van der Waals surface area contributed by atoms with Crippen LogP contribution in [0.3, 0.4) is 0 Å². The molecule has 0 saturated heterocycles. The first-order valence-electron chi connectivity index (χ1n) is 2.33. The largest absolute Gasteiger partial charge is 3.00 e. The molecular formula is C6H8Cl2PZr. The van der Waals surface area contributed by atoms with Crippen LogP contribution in [0.25, 0.3) is 0 Å². The van der Waals surface area contributed by atoms with Crippen LogP contribution in [0.5, 0.6) is 0 Å². The number of aryl methyl sites for hydroxylation is 2. The van der Waals surface area contributed by atoms with Gasteiger partial charge in [-0.25, -0.2) is 0 Å². The van der Waals surface area contributed by atoms with E-state index >= 15 is 0 Å². The standard InChI is InChI=1S/C6H8P.2ClH.Zr/c1-5-3-7-4-6(5)2;;;/h3,7H,1-2H3;2*1H;/q-1;;;+3/p-2. The van der Waals surface area contributed by atoms with Gasteiger partial charge < -0.3 is 24.8 Å². The summed E-state index contributed by atoms with van der Waals surface area (Å²) in [6.07, 6.45) is 0. The third-order valence-corrected chi connectivity index (χ3v) is 2.24. The quantitative estimate of drug-likeness (QED) is 0.425. The second-order valence-corrected chi connectivity index (χ2v) is 2.55. The van der Waals surface area contributed by atoms with Crippen molar-refractivity contribution < 1.29 is 51.0 Å². The summed E-state index contributed by atoms with van der Waals surface area (Å²) in [5, 5.41) is 0. The van der Waals surface area contributed by atoms with Gasteiger partial charge in [0.05, 0.1) is 0 Å². The predicted octanol–water partition coefficient (Wildman–Crippen LogP) is -3.86. The molecule has 0 fully saturated rings. The van der Waals surface area contributed by atoms with Crippen LogP contribution in [-0.2, 0) is 26.2 Å². The molecule has 0 aromatic carbocycles. The van der Waals surface area contributed by atoms with Gasteiger partial charge in [0, 0.05) is 0 Å². The Hall–Kier alpha value is 1.24. The van der Waals surface area contributed by atoms with Gasteiger partial charge in [0.2, 0.25) is 0 Å². The Morgan fingerprint density at radius 1 is 1.30 bits per heavy atom. The first-order chi connectivity index (χ1) is 3.30. The van der Waals surface area contributed by atoms with Crippen LogP contribution in [-0.4, -0.2) is 0 Å². The summed E-state index contributed by atoms with van der Waals surface area (Å²) in [6.45, 7) is 4.23. The Labute approximate surface area is 95.2 Å². The Bertz CT molecular complexity index is 148. The third-order valence-electron chi connectivity index (χ3n) is 1.14. The number of halogens is 2. The number of rotatable bonds is 0. The molecule has 0 amide bonds. The first kappa shape index (κ1) is 17.4. The van der Waals surface area contributed by atoms with Crippen molar-refractivity contribution in [1.29, 1.82) is 0 Å². The van der Waals surface area contributed by atoms with E-state index in [0.717, 1.165) is 8.19 Å². The van der Waals surface area contributed by atoms with Crippen molar-refractivity contribution >= 4 is 8.19 Å². The van der Waals surface area contributed by atoms with E-state index in [-0.39, 0.29) is 51.0 Å². The molecule has 0 aliphatic rings. The molecule has 0 N–H and O–H groups in total. The summed E-state index contributed by atoms with van der Waals surface area (Å²) < 4.78 is 0. The van der Waals surface area contributed by atoms with Gasteiger partial charge in [-0.3, -0.25) is 8.19 Å². The Balaban J connectivity index is -0.000000163. The van der Waals surface area contributed by atoms with E-state index in [9.17, 15) is 0 Å². The maximum absolute atomic E-state index is 3.22. The van der Waals surface area contributed by atoms with Gasteiger partial charge >= 0.3 is 26.2 Å². The summed E-state index contributed by atoms with van der Waals surface area (Å²) in [6, 6.07) is 0. The van der Waals surface area contributed by atoms with E-state index < -0.39 is 0 Å². The minimum atomic E-state index is 0. The molecule has 0 saturated carbocycles. The maximum atomic E-state index is 3.22. The van der Waals surface area contributed by atoms with E-state index in [0.29, 0.717) is 0 Å². The zero-order valence-electron chi connectivity index (χ0n) is 5.83. The second-order valence-electron chi connectivity index (χ2n) is 1.72. The predicted molar refractivity (Wildman–Crippen MR) is 34.3 cm³/mol. The molecule has 0 nitrogen and oxygen atoms in total. The fraction of sp³-hybridized carbons (Fsp3) is 0.333. The Morgan fingerprint density at radius 2 is 1.80 bits per heavy atom. The van der Waals surface area contributed by atoms with Gasteiger partial charge in [-0.15, -0.1) is 0 Å². The van der Waals surface area contributed by atoms with E-state index in [2.05, 4.69) is 25.4 Å². The Morgan fingerprint density at radius 3 is 1.90 bits per heavy atom. The van der Waals surface area contributed by atoms with E-state index in [1.807, 2.05) is 0 Å². The molecule has 0 aliphatic heterocycles. The number of hydrogen-bond donors (Lipinski definition) is 0. The van der Waals surface area contributed by atoms with Crippen LogP contribution in [0.2, 0.25) is 0 Å². The summed E-state index contributed by atoms with van der Waals surface area (Å²) in [5.74, 6) is 5.44. The van der Waals surface area contributed by atoms with Gasteiger partial charge in [-0.05, 0) is 0 Å². The topological polar surface area (TPSA) is 0 Å². The molecule has 4 heteroatoms. The van der Waals surface area contributed by atoms with Crippen molar-refractivity contribution in [3.63, 3.8) is 0 Å². The molecule has 1 atom stereocenters. The fourth-order valence-electron chi connectivity index (χ4n) is 0.459. The fourth-order valence-corrected chi connectivity index (χ4v) is 1.38. The molecular weight excluding hydrogens is 265 g/mol. The van der Waals surface area contributed by atoms with Crippen LogP contribution in [0.4, 0.5) is 0 Å². The maximum Gasteiger partial charge on any atom is 3.00 e. The SMILES string of the molecule is Cc1[c-][pH]cc1C.[Cl-].[Cl-].[Zr+3]. The molecule has 10 heavy (non-hydrogen) atoms. The minimum absolute atomic E-state index is 0. The molecule has 1 aromatic rings. The molecule has 1 aromatic heterocycles. The van der Waals surface area contributed by atoms with E-state index in [1.165, 1.54) is 11.1 Å². The average molecular weight is 273 g/mol. The smallest absolute Gasteiger partial charge is 1.00 e. The van der Waals surface area contributed by atoms with Gasteiger partial charge in [0.15, 0.2) is 0 Å². The monoisotopic (exact) mass is 271 g/mol. The van der Waals surface area contributed by atoms with Crippen LogP contribution < -0.4 is 24.8 Å². The molecule has 1 rings (SSSR count). The molecule has 0 bridgehead atoms. The zero-order chi connectivity index (χ0) is 5.28. The number of hydrogen-bond acceptors (Lipinski definition) is 0. The average Bonchev–Trinajstić information content (AvgIpc) is 1.91. The van der Waals surface area contributed by atoms with Crippen molar-refractivity contribution in [2.45, 2.75) is 13.8 Å². The van der Waals surface area contributed by atoms with Gasteiger partial charge in [0.1, 0.15) is 0 Å². The second kappa shape index (κ2) is 8.34. The van der Waals surface area contributed by atoms with Crippen molar-refractivity contribution in [3.05, 3.63) is 22.7 Å². The molecule has 1 heterocycles. The molecule has 1 radical (unpaired) electrons. The molecule has 55 valence electrons. The Kier molecular flexibility index (Phi) is 14.5. The van der Waals surface area contributed by atoms with Crippen LogP contribution in [0.1, 0.15) is 11.1 Å². The molecule has 0 aliphatic carbocycles.